The number of thioether (sulfide) groups is 1. The maximum absolute atomic E-state index is 4.09. The summed E-state index contributed by atoms with van der Waals surface area (Å²) < 4.78 is 0. The van der Waals surface area contributed by atoms with Crippen LogP contribution in [0.2, 0.25) is 0 Å². The van der Waals surface area contributed by atoms with Gasteiger partial charge < -0.3 is 4.98 Å². The predicted octanol–water partition coefficient (Wildman–Crippen LogP) is 2.03. The van der Waals surface area contributed by atoms with Crippen molar-refractivity contribution < 1.29 is 0 Å². The van der Waals surface area contributed by atoms with E-state index in [1.54, 1.807) is 11.8 Å². The molecule has 44 valence electrons. The van der Waals surface area contributed by atoms with Gasteiger partial charge in [-0.15, -0.1) is 24.4 Å². The number of rotatable bonds is 1. The van der Waals surface area contributed by atoms with Gasteiger partial charge in [0.15, 0.2) is 0 Å². The number of hydrogen-bond donors (Lipinski definition) is 2. The fourth-order valence-corrected chi connectivity index (χ4v) is 1.18. The predicted molar refractivity (Wildman–Crippen MR) is 39.8 cm³/mol. The molecule has 0 radical (unpaired) electrons. The molecule has 0 amide bonds. The Kier molecular flexibility index (Phi) is 1.91. The third-order valence-corrected chi connectivity index (χ3v) is 1.84. The summed E-state index contributed by atoms with van der Waals surface area (Å²) in [5, 5.41) is 0.925. The largest absolute Gasteiger partial charge is 0.356 e. The van der Waals surface area contributed by atoms with Crippen LogP contribution in [0.15, 0.2) is 22.2 Å². The molecule has 0 aliphatic heterocycles. The Morgan fingerprint density at radius 3 is 2.75 bits per heavy atom. The highest BCUT2D eigenvalue weighted by Gasteiger charge is 1.89. The van der Waals surface area contributed by atoms with Crippen LogP contribution in [0.5, 0.6) is 0 Å². The first kappa shape index (κ1) is 6.11. The summed E-state index contributed by atoms with van der Waals surface area (Å²) in [6.07, 6.45) is 3.98. The van der Waals surface area contributed by atoms with Crippen molar-refractivity contribution in [3.8, 4) is 0 Å². The summed E-state index contributed by atoms with van der Waals surface area (Å²) in [4.78, 5) is 4.19. The number of thiol groups is 1. The molecule has 1 heterocycles. The molecular formula is C5H7NS2. The first-order chi connectivity index (χ1) is 3.83. The zero-order valence-corrected chi connectivity index (χ0v) is 6.22. The van der Waals surface area contributed by atoms with E-state index >= 15 is 0 Å². The fourth-order valence-electron chi connectivity index (χ4n) is 0.481. The van der Waals surface area contributed by atoms with E-state index in [-0.39, 0.29) is 0 Å². The van der Waals surface area contributed by atoms with Crippen molar-refractivity contribution in [1.82, 2.24) is 4.98 Å². The first-order valence-corrected chi connectivity index (χ1v) is 3.91. The van der Waals surface area contributed by atoms with Crippen LogP contribution in [-0.2, 0) is 0 Å². The van der Waals surface area contributed by atoms with Gasteiger partial charge in [-0.25, -0.2) is 0 Å². The summed E-state index contributed by atoms with van der Waals surface area (Å²) in [5.41, 5.74) is 0. The normalized spacial score (nSPS) is 9.75. The van der Waals surface area contributed by atoms with Crippen LogP contribution >= 0.6 is 24.4 Å². The first-order valence-electron chi connectivity index (χ1n) is 2.24. The highest BCUT2D eigenvalue weighted by atomic mass is 32.2. The molecule has 1 aromatic rings. The summed E-state index contributed by atoms with van der Waals surface area (Å²) in [6.45, 7) is 0. The molecule has 8 heavy (non-hydrogen) atoms. The monoisotopic (exact) mass is 145 g/mol. The molecule has 0 saturated carbocycles. The minimum atomic E-state index is 0.925. The van der Waals surface area contributed by atoms with Gasteiger partial charge in [0.2, 0.25) is 0 Å². The second-order valence-electron chi connectivity index (χ2n) is 1.42. The minimum Gasteiger partial charge on any atom is -0.356 e. The summed E-state index contributed by atoms with van der Waals surface area (Å²) >= 11 is 5.80. The summed E-state index contributed by atoms with van der Waals surface area (Å²) in [5.74, 6) is 0. The molecule has 0 bridgehead atoms. The van der Waals surface area contributed by atoms with Crippen LogP contribution in [0.3, 0.4) is 0 Å². The Balaban J connectivity index is 2.84. The number of H-pyrrole nitrogens is 1. The van der Waals surface area contributed by atoms with Gasteiger partial charge in [0, 0.05) is 11.1 Å². The van der Waals surface area contributed by atoms with Crippen LogP contribution in [0.4, 0.5) is 0 Å². The molecule has 1 N–H and O–H groups in total. The van der Waals surface area contributed by atoms with Gasteiger partial charge >= 0.3 is 0 Å². The van der Waals surface area contributed by atoms with E-state index in [0.717, 1.165) is 5.03 Å². The summed E-state index contributed by atoms with van der Waals surface area (Å²) in [7, 11) is 0. The van der Waals surface area contributed by atoms with Gasteiger partial charge in [0.05, 0.1) is 5.03 Å². The lowest BCUT2D eigenvalue weighted by molar-refractivity contribution is 1.21. The molecule has 1 rings (SSSR count). The molecule has 0 aliphatic rings. The van der Waals surface area contributed by atoms with E-state index in [1.807, 2.05) is 18.5 Å². The van der Waals surface area contributed by atoms with Crippen molar-refractivity contribution in [2.24, 2.45) is 0 Å². The smallest absolute Gasteiger partial charge is 0.0702 e. The minimum absolute atomic E-state index is 0.925. The fraction of sp³-hybridized carbons (Fsp3) is 0.200. The van der Waals surface area contributed by atoms with Crippen LogP contribution in [0, 0.1) is 0 Å². The molecular weight excluding hydrogens is 138 g/mol. The quantitative estimate of drug-likeness (QED) is 0.456. The van der Waals surface area contributed by atoms with Gasteiger partial charge in [-0.05, 0) is 12.3 Å². The second-order valence-corrected chi connectivity index (χ2v) is 2.79. The third kappa shape index (κ3) is 1.23. The van der Waals surface area contributed by atoms with Crippen LogP contribution in [0.25, 0.3) is 0 Å². The molecule has 0 atom stereocenters. The highest BCUT2D eigenvalue weighted by Crippen LogP contribution is 2.16. The van der Waals surface area contributed by atoms with Crippen molar-refractivity contribution in [2.75, 3.05) is 6.26 Å². The Labute approximate surface area is 58.3 Å². The van der Waals surface area contributed by atoms with Crippen molar-refractivity contribution in [3.05, 3.63) is 12.3 Å². The maximum atomic E-state index is 4.09. The highest BCUT2D eigenvalue weighted by molar-refractivity contribution is 7.98. The van der Waals surface area contributed by atoms with Gasteiger partial charge in [0.25, 0.3) is 0 Å². The number of aromatic nitrogens is 1. The van der Waals surface area contributed by atoms with Crippen LogP contribution in [-0.4, -0.2) is 11.2 Å². The van der Waals surface area contributed by atoms with Crippen LogP contribution < -0.4 is 0 Å². The Morgan fingerprint density at radius 2 is 2.50 bits per heavy atom. The van der Waals surface area contributed by atoms with Gasteiger partial charge in [-0.3, -0.25) is 0 Å². The number of nitrogens with one attached hydrogen (secondary N) is 1. The number of aromatic amines is 1. The molecule has 0 aromatic carbocycles. The third-order valence-electron chi connectivity index (χ3n) is 0.877. The molecule has 3 heteroatoms. The van der Waals surface area contributed by atoms with E-state index in [1.165, 1.54) is 4.90 Å². The van der Waals surface area contributed by atoms with E-state index < -0.39 is 0 Å². The van der Waals surface area contributed by atoms with Crippen molar-refractivity contribution in [3.63, 3.8) is 0 Å². The lowest BCUT2D eigenvalue weighted by atomic mass is 10.7. The lowest BCUT2D eigenvalue weighted by Crippen LogP contribution is -1.52. The van der Waals surface area contributed by atoms with E-state index in [0.29, 0.717) is 0 Å². The Bertz CT molecular complexity index is 171. The molecule has 0 spiro atoms. The maximum Gasteiger partial charge on any atom is 0.0702 e. The van der Waals surface area contributed by atoms with E-state index in [9.17, 15) is 0 Å². The summed E-state index contributed by atoms with van der Waals surface area (Å²) in [6, 6.07) is 1.99. The van der Waals surface area contributed by atoms with Crippen molar-refractivity contribution in [1.29, 1.82) is 0 Å². The molecule has 1 nitrogen and oxygen atoms in total. The van der Waals surface area contributed by atoms with Gasteiger partial charge in [-0.2, -0.15) is 0 Å². The zero-order valence-electron chi connectivity index (χ0n) is 4.51. The SMILES string of the molecule is CSc1c[nH]c(S)c1. The standard InChI is InChI=1S/C5H7NS2/c1-8-4-2-5(7)6-3-4/h2-3,6-7H,1H3. The zero-order chi connectivity index (χ0) is 5.98. The average Bonchev–Trinajstić information content (AvgIpc) is 2.14. The number of hydrogen-bond acceptors (Lipinski definition) is 2. The molecule has 0 fully saturated rings. The molecule has 0 aliphatic carbocycles. The molecule has 0 saturated heterocycles. The average molecular weight is 145 g/mol. The van der Waals surface area contributed by atoms with E-state index in [2.05, 4.69) is 17.6 Å². The topological polar surface area (TPSA) is 15.8 Å². The Morgan fingerprint density at radius 1 is 1.75 bits per heavy atom. The lowest BCUT2D eigenvalue weighted by Gasteiger charge is -1.79. The van der Waals surface area contributed by atoms with Crippen LogP contribution in [0.1, 0.15) is 0 Å². The van der Waals surface area contributed by atoms with Crippen molar-refractivity contribution >= 4 is 24.4 Å². The van der Waals surface area contributed by atoms with E-state index in [4.69, 9.17) is 0 Å². The molecule has 0 unspecified atom stereocenters. The van der Waals surface area contributed by atoms with Gasteiger partial charge in [-0.1, -0.05) is 0 Å². The second kappa shape index (κ2) is 2.51. The van der Waals surface area contributed by atoms with Gasteiger partial charge in [0.1, 0.15) is 0 Å². The Hall–Kier alpha value is -0.0200. The molecule has 1 aromatic heterocycles. The van der Waals surface area contributed by atoms with Crippen molar-refractivity contribution in [2.45, 2.75) is 9.92 Å².